The Bertz CT molecular complexity index is 891. The number of fused-ring (bicyclic) bond motifs is 4. The molecule has 0 aliphatic heterocycles. The van der Waals surface area contributed by atoms with Gasteiger partial charge in [-0.3, -0.25) is 0 Å². The molecule has 0 saturated carbocycles. The summed E-state index contributed by atoms with van der Waals surface area (Å²) in [5.74, 6) is 1.05. The van der Waals surface area contributed by atoms with Crippen molar-refractivity contribution in [3.63, 3.8) is 0 Å². The summed E-state index contributed by atoms with van der Waals surface area (Å²) < 4.78 is 0. The minimum atomic E-state index is 0. The minimum Gasteiger partial charge on any atom is -1.00 e. The van der Waals surface area contributed by atoms with E-state index >= 15 is 0 Å². The average Bonchev–Trinajstić information content (AvgIpc) is 3.19. The quantitative estimate of drug-likeness (QED) is 0.601. The molecule has 2 aromatic carbocycles. The van der Waals surface area contributed by atoms with Gasteiger partial charge in [-0.2, -0.15) is 0 Å². The van der Waals surface area contributed by atoms with Crippen LogP contribution >= 0.6 is 0 Å². The second kappa shape index (κ2) is 9.37. The van der Waals surface area contributed by atoms with Crippen molar-refractivity contribution in [2.75, 3.05) is 0 Å². The van der Waals surface area contributed by atoms with E-state index in [0.717, 1.165) is 6.42 Å². The van der Waals surface area contributed by atoms with Crippen molar-refractivity contribution < 1.29 is 51.0 Å². The van der Waals surface area contributed by atoms with Crippen LogP contribution in [-0.4, -0.2) is 0 Å². The van der Waals surface area contributed by atoms with E-state index in [1.165, 1.54) is 34.2 Å². The van der Waals surface area contributed by atoms with Gasteiger partial charge in [-0.05, 0) is 40.7 Å². The van der Waals surface area contributed by atoms with Gasteiger partial charge in [0.2, 0.25) is 0 Å². The predicted molar refractivity (Wildman–Crippen MR) is 101 cm³/mol. The molecule has 3 aliphatic carbocycles. The topological polar surface area (TPSA) is 0 Å². The van der Waals surface area contributed by atoms with Crippen LogP contribution in [0.2, 0.25) is 0 Å². The molecule has 3 aliphatic rings. The fourth-order valence-electron chi connectivity index (χ4n) is 4.48. The molecule has 0 fully saturated rings. The Morgan fingerprint density at radius 3 is 2.04 bits per heavy atom. The van der Waals surface area contributed by atoms with Gasteiger partial charge in [-0.15, -0.1) is 0 Å². The second-order valence-corrected chi connectivity index (χ2v) is 6.90. The summed E-state index contributed by atoms with van der Waals surface area (Å²) in [6, 6.07) is 17.9. The number of halogens is 2. The normalized spacial score (nSPS) is 18.1. The Morgan fingerprint density at radius 1 is 0.741 bits per heavy atom. The van der Waals surface area contributed by atoms with Crippen molar-refractivity contribution in [3.8, 4) is 11.1 Å². The maximum atomic E-state index is 2.34. The molecule has 0 nitrogen and oxygen atoms in total. The van der Waals surface area contributed by atoms with Crippen LogP contribution in [0.1, 0.15) is 29.9 Å². The first kappa shape index (κ1) is 22.2. The van der Waals surface area contributed by atoms with Gasteiger partial charge in [0, 0.05) is 11.8 Å². The predicted octanol–water partition coefficient (Wildman–Crippen LogP) is 0.193. The van der Waals surface area contributed by atoms with Gasteiger partial charge in [0.05, 0.1) is 0 Å². The summed E-state index contributed by atoms with van der Waals surface area (Å²) in [4.78, 5) is 0. The molecule has 5 rings (SSSR count). The van der Waals surface area contributed by atoms with Crippen molar-refractivity contribution in [3.05, 3.63) is 107 Å². The van der Waals surface area contributed by atoms with Crippen LogP contribution in [0.25, 0.3) is 11.1 Å². The molecule has 0 N–H and O–H groups in total. The van der Waals surface area contributed by atoms with E-state index in [-0.39, 0.29) is 51.0 Å². The van der Waals surface area contributed by atoms with Crippen molar-refractivity contribution in [1.82, 2.24) is 0 Å². The van der Waals surface area contributed by atoms with E-state index in [0.29, 0.717) is 11.8 Å². The monoisotopic (exact) mass is 468 g/mol. The van der Waals surface area contributed by atoms with Gasteiger partial charge in [-0.1, -0.05) is 90.6 Å². The summed E-state index contributed by atoms with van der Waals surface area (Å²) >= 11 is 0. The maximum absolute atomic E-state index is 2.34. The molecule has 0 amide bonds. The molecule has 1 unspecified atom stereocenters. The molecule has 27 heavy (non-hydrogen) atoms. The summed E-state index contributed by atoms with van der Waals surface area (Å²) in [5.41, 5.74) is 8.87. The van der Waals surface area contributed by atoms with E-state index in [4.69, 9.17) is 0 Å². The number of allylic oxidation sites excluding steroid dienone is 8. The van der Waals surface area contributed by atoms with Gasteiger partial charge >= 0.3 is 26.2 Å². The third-order valence-electron chi connectivity index (χ3n) is 5.64. The Hall–Kier alpha value is -1.14. The van der Waals surface area contributed by atoms with Crippen molar-refractivity contribution >= 4 is 0 Å². The zero-order chi connectivity index (χ0) is 15.9. The molecule has 0 aromatic heterocycles. The summed E-state index contributed by atoms with van der Waals surface area (Å²) in [5, 5.41) is 0. The van der Waals surface area contributed by atoms with Crippen LogP contribution in [0.5, 0.6) is 0 Å². The number of hydrogen-bond acceptors (Lipinski definition) is 0. The molecule has 0 heterocycles. The molecular weight excluding hydrogens is 450 g/mol. The SMILES string of the molecule is C1=CC2=CC=C(CCC3c4ccccc4-c4ccccc43)C2C=C1.[Cl-].[Cl-].[Zr+2]. The molecule has 0 bridgehead atoms. The van der Waals surface area contributed by atoms with Crippen LogP contribution in [0.3, 0.4) is 0 Å². The van der Waals surface area contributed by atoms with Crippen LogP contribution in [0.15, 0.2) is 96.1 Å². The Balaban J connectivity index is 0.000000871. The molecule has 134 valence electrons. The van der Waals surface area contributed by atoms with Gasteiger partial charge < -0.3 is 24.8 Å². The van der Waals surface area contributed by atoms with Crippen LogP contribution in [0, 0.1) is 5.92 Å². The minimum absolute atomic E-state index is 0. The molecular formula is C24H20Cl2Zr. The second-order valence-electron chi connectivity index (χ2n) is 6.90. The first-order valence-electron chi connectivity index (χ1n) is 8.85. The molecule has 2 aromatic rings. The fraction of sp³-hybridized carbons (Fsp3) is 0.167. The summed E-state index contributed by atoms with van der Waals surface area (Å²) in [6.45, 7) is 0. The third kappa shape index (κ3) is 3.88. The fourth-order valence-corrected chi connectivity index (χ4v) is 4.48. The standard InChI is InChI=1S/C24H20.2ClH.Zr/c1-2-8-19-17(7-1)13-14-18(19)15-16-24-22-11-5-3-9-20(22)21-10-4-6-12-23(21)24;;;/h1-14,19,24H,15-16H2;2*1H;/q;;;+2/p-2. The van der Waals surface area contributed by atoms with Gasteiger partial charge in [0.15, 0.2) is 0 Å². The number of rotatable bonds is 3. The molecule has 0 spiro atoms. The summed E-state index contributed by atoms with van der Waals surface area (Å²) in [6.07, 6.45) is 15.9. The Morgan fingerprint density at radius 2 is 1.37 bits per heavy atom. The Labute approximate surface area is 193 Å². The third-order valence-corrected chi connectivity index (χ3v) is 5.64. The van der Waals surface area contributed by atoms with Crippen molar-refractivity contribution in [1.29, 1.82) is 0 Å². The van der Waals surface area contributed by atoms with Crippen LogP contribution < -0.4 is 24.8 Å². The van der Waals surface area contributed by atoms with E-state index < -0.39 is 0 Å². The maximum Gasteiger partial charge on any atom is 2.00 e. The van der Waals surface area contributed by atoms with Gasteiger partial charge in [0.1, 0.15) is 0 Å². The number of benzene rings is 2. The summed E-state index contributed by atoms with van der Waals surface area (Å²) in [7, 11) is 0. The molecule has 3 heteroatoms. The first-order valence-corrected chi connectivity index (χ1v) is 8.85. The first-order chi connectivity index (χ1) is 11.9. The van der Waals surface area contributed by atoms with E-state index in [2.05, 4.69) is 85.0 Å². The molecule has 0 saturated heterocycles. The van der Waals surface area contributed by atoms with Crippen molar-refractivity contribution in [2.45, 2.75) is 18.8 Å². The Kier molecular flexibility index (Phi) is 7.69. The number of hydrogen-bond donors (Lipinski definition) is 0. The van der Waals surface area contributed by atoms with E-state index in [1.807, 2.05) is 0 Å². The van der Waals surface area contributed by atoms with Gasteiger partial charge in [0.25, 0.3) is 0 Å². The van der Waals surface area contributed by atoms with Crippen molar-refractivity contribution in [2.24, 2.45) is 5.92 Å². The molecule has 0 radical (unpaired) electrons. The zero-order valence-corrected chi connectivity index (χ0v) is 18.9. The smallest absolute Gasteiger partial charge is 1.00 e. The van der Waals surface area contributed by atoms with Gasteiger partial charge in [-0.25, -0.2) is 0 Å². The largest absolute Gasteiger partial charge is 2.00 e. The van der Waals surface area contributed by atoms with E-state index in [1.54, 1.807) is 5.57 Å². The van der Waals surface area contributed by atoms with Crippen LogP contribution in [0.4, 0.5) is 0 Å². The van der Waals surface area contributed by atoms with E-state index in [9.17, 15) is 0 Å². The molecule has 1 atom stereocenters. The zero-order valence-electron chi connectivity index (χ0n) is 14.9. The van der Waals surface area contributed by atoms with Crippen LogP contribution in [-0.2, 0) is 26.2 Å². The average molecular weight is 471 g/mol.